The summed E-state index contributed by atoms with van der Waals surface area (Å²) >= 11 is 0. The van der Waals surface area contributed by atoms with Gasteiger partial charge in [0.1, 0.15) is 0 Å². The molecule has 0 aromatic heterocycles. The standard InChI is InChI=1S/C22H27N3O2.ClH/c1-3-22(4-2,15-23)21(27)24-18-11-9-17(10-12-18)20(26)25-14-13-16-7-5-6-8-19(16)25;/h5-12H,3-4,13-15,23H2,1-2H3,(H,24,27);1H. The number of nitrogens with zero attached hydrogens (tertiary/aromatic N) is 1. The molecule has 150 valence electrons. The Hall–Kier alpha value is -2.37. The molecule has 0 aliphatic carbocycles. The number of hydrogen-bond acceptors (Lipinski definition) is 3. The second-order valence-corrected chi connectivity index (χ2v) is 7.06. The maximum absolute atomic E-state index is 12.9. The summed E-state index contributed by atoms with van der Waals surface area (Å²) in [4.78, 5) is 27.3. The Morgan fingerprint density at radius 1 is 1.07 bits per heavy atom. The van der Waals surface area contributed by atoms with Gasteiger partial charge < -0.3 is 16.0 Å². The summed E-state index contributed by atoms with van der Waals surface area (Å²) in [6.07, 6.45) is 2.26. The fourth-order valence-electron chi connectivity index (χ4n) is 3.62. The van der Waals surface area contributed by atoms with Crippen LogP contribution in [0.5, 0.6) is 0 Å². The summed E-state index contributed by atoms with van der Waals surface area (Å²) in [7, 11) is 0. The predicted octanol–water partition coefficient (Wildman–Crippen LogP) is 4.01. The van der Waals surface area contributed by atoms with Crippen LogP contribution in [-0.4, -0.2) is 24.9 Å². The quantitative estimate of drug-likeness (QED) is 0.767. The van der Waals surface area contributed by atoms with E-state index >= 15 is 0 Å². The van der Waals surface area contributed by atoms with Crippen molar-refractivity contribution in [1.82, 2.24) is 0 Å². The summed E-state index contributed by atoms with van der Waals surface area (Å²) < 4.78 is 0. The van der Waals surface area contributed by atoms with Gasteiger partial charge in [-0.25, -0.2) is 0 Å². The van der Waals surface area contributed by atoms with Crippen LogP contribution in [0.2, 0.25) is 0 Å². The minimum atomic E-state index is -0.548. The second-order valence-electron chi connectivity index (χ2n) is 7.06. The molecule has 2 aromatic carbocycles. The van der Waals surface area contributed by atoms with Crippen LogP contribution >= 0.6 is 12.4 Å². The molecular weight excluding hydrogens is 374 g/mol. The van der Waals surface area contributed by atoms with Crippen molar-refractivity contribution < 1.29 is 9.59 Å². The number of benzene rings is 2. The molecule has 1 aliphatic rings. The molecule has 0 saturated heterocycles. The molecule has 0 spiro atoms. The number of nitrogens with two attached hydrogens (primary N) is 1. The Bertz CT molecular complexity index is 824. The number of halogens is 1. The van der Waals surface area contributed by atoms with Gasteiger partial charge in [-0.1, -0.05) is 32.0 Å². The SMILES string of the molecule is CCC(CC)(CN)C(=O)Nc1ccc(C(=O)N2CCc3ccccc32)cc1.Cl. The van der Waals surface area contributed by atoms with E-state index in [-0.39, 0.29) is 24.2 Å². The molecule has 0 fully saturated rings. The highest BCUT2D eigenvalue weighted by Gasteiger charge is 2.33. The van der Waals surface area contributed by atoms with Gasteiger partial charge in [-0.15, -0.1) is 12.4 Å². The van der Waals surface area contributed by atoms with Gasteiger partial charge in [0.2, 0.25) is 5.91 Å². The summed E-state index contributed by atoms with van der Waals surface area (Å²) in [5, 5.41) is 2.94. The van der Waals surface area contributed by atoms with Crippen molar-refractivity contribution in [2.45, 2.75) is 33.1 Å². The highest BCUT2D eigenvalue weighted by molar-refractivity contribution is 6.07. The van der Waals surface area contributed by atoms with E-state index in [1.807, 2.05) is 36.9 Å². The van der Waals surface area contributed by atoms with E-state index in [1.165, 1.54) is 5.56 Å². The lowest BCUT2D eigenvalue weighted by atomic mass is 9.81. The van der Waals surface area contributed by atoms with E-state index in [0.717, 1.165) is 12.1 Å². The van der Waals surface area contributed by atoms with E-state index in [1.54, 1.807) is 24.3 Å². The molecule has 0 atom stereocenters. The van der Waals surface area contributed by atoms with Gasteiger partial charge >= 0.3 is 0 Å². The molecule has 3 N–H and O–H groups in total. The van der Waals surface area contributed by atoms with Crippen LogP contribution in [0.4, 0.5) is 11.4 Å². The van der Waals surface area contributed by atoms with Gasteiger partial charge in [-0.2, -0.15) is 0 Å². The maximum Gasteiger partial charge on any atom is 0.258 e. The van der Waals surface area contributed by atoms with Crippen LogP contribution in [0.3, 0.4) is 0 Å². The number of hydrogen-bond donors (Lipinski definition) is 2. The lowest BCUT2D eigenvalue weighted by Crippen LogP contribution is -2.41. The third kappa shape index (κ3) is 4.05. The zero-order chi connectivity index (χ0) is 19.4. The molecule has 28 heavy (non-hydrogen) atoms. The molecular formula is C22H28ClN3O2. The van der Waals surface area contributed by atoms with E-state index < -0.39 is 5.41 Å². The summed E-state index contributed by atoms with van der Waals surface area (Å²) in [5.74, 6) is -0.0844. The minimum absolute atomic E-state index is 0. The van der Waals surface area contributed by atoms with Crippen molar-refractivity contribution in [2.75, 3.05) is 23.3 Å². The number of anilines is 2. The average molecular weight is 402 g/mol. The largest absolute Gasteiger partial charge is 0.329 e. The van der Waals surface area contributed by atoms with Gasteiger partial charge in [0.15, 0.2) is 0 Å². The number of amides is 2. The predicted molar refractivity (Wildman–Crippen MR) is 116 cm³/mol. The molecule has 1 heterocycles. The van der Waals surface area contributed by atoms with E-state index in [4.69, 9.17) is 5.73 Å². The number of carbonyl (C=O) groups is 2. The van der Waals surface area contributed by atoms with Crippen molar-refractivity contribution in [3.8, 4) is 0 Å². The molecule has 0 unspecified atom stereocenters. The molecule has 1 aliphatic heterocycles. The molecule has 2 amide bonds. The van der Waals surface area contributed by atoms with Gasteiger partial charge in [0.25, 0.3) is 5.91 Å². The van der Waals surface area contributed by atoms with Crippen LogP contribution in [0.1, 0.15) is 42.6 Å². The molecule has 2 aromatic rings. The second kappa shape index (κ2) is 9.22. The first-order valence-corrected chi connectivity index (χ1v) is 9.56. The van der Waals surface area contributed by atoms with Crippen LogP contribution in [0.15, 0.2) is 48.5 Å². The molecule has 5 nitrogen and oxygen atoms in total. The Morgan fingerprint density at radius 3 is 2.32 bits per heavy atom. The third-order valence-electron chi connectivity index (χ3n) is 5.75. The van der Waals surface area contributed by atoms with Crippen LogP contribution in [0, 0.1) is 5.41 Å². The normalized spacial score (nSPS) is 12.9. The smallest absolute Gasteiger partial charge is 0.258 e. The lowest BCUT2D eigenvalue weighted by Gasteiger charge is -2.28. The Balaban J connectivity index is 0.00000280. The first kappa shape index (κ1) is 21.9. The van der Waals surface area contributed by atoms with Crippen molar-refractivity contribution in [3.63, 3.8) is 0 Å². The maximum atomic E-state index is 12.9. The number of para-hydroxylation sites is 1. The van der Waals surface area contributed by atoms with Gasteiger partial charge in [0.05, 0.1) is 5.41 Å². The van der Waals surface area contributed by atoms with E-state index in [9.17, 15) is 9.59 Å². The topological polar surface area (TPSA) is 75.4 Å². The summed E-state index contributed by atoms with van der Waals surface area (Å²) in [6.45, 7) is 4.97. The van der Waals surface area contributed by atoms with Crippen LogP contribution in [0.25, 0.3) is 0 Å². The van der Waals surface area contributed by atoms with Gasteiger partial charge in [-0.3, -0.25) is 9.59 Å². The lowest BCUT2D eigenvalue weighted by molar-refractivity contribution is -0.125. The van der Waals surface area contributed by atoms with Crippen molar-refractivity contribution in [1.29, 1.82) is 0 Å². The number of fused-ring (bicyclic) bond motifs is 1. The number of carbonyl (C=O) groups excluding carboxylic acids is 2. The van der Waals surface area contributed by atoms with Crippen LogP contribution < -0.4 is 16.0 Å². The Morgan fingerprint density at radius 2 is 1.71 bits per heavy atom. The summed E-state index contributed by atoms with van der Waals surface area (Å²) in [6, 6.07) is 15.1. The van der Waals surface area contributed by atoms with Crippen LogP contribution in [-0.2, 0) is 11.2 Å². The van der Waals surface area contributed by atoms with E-state index in [2.05, 4.69) is 11.4 Å². The average Bonchev–Trinajstić information content (AvgIpc) is 3.14. The van der Waals surface area contributed by atoms with Crippen molar-refractivity contribution in [3.05, 3.63) is 59.7 Å². The minimum Gasteiger partial charge on any atom is -0.329 e. The van der Waals surface area contributed by atoms with Crippen molar-refractivity contribution >= 4 is 35.6 Å². The Kier molecular flexibility index (Phi) is 7.22. The number of rotatable bonds is 6. The van der Waals surface area contributed by atoms with Gasteiger partial charge in [0, 0.05) is 30.0 Å². The zero-order valence-corrected chi connectivity index (χ0v) is 17.2. The third-order valence-corrected chi connectivity index (χ3v) is 5.75. The zero-order valence-electron chi connectivity index (χ0n) is 16.4. The number of nitrogens with one attached hydrogen (secondary N) is 1. The Labute approximate surface area is 172 Å². The molecule has 0 bridgehead atoms. The molecule has 0 radical (unpaired) electrons. The highest BCUT2D eigenvalue weighted by Crippen LogP contribution is 2.30. The highest BCUT2D eigenvalue weighted by atomic mass is 35.5. The monoisotopic (exact) mass is 401 g/mol. The molecule has 3 rings (SSSR count). The first-order chi connectivity index (χ1) is 13.0. The first-order valence-electron chi connectivity index (χ1n) is 9.56. The molecule has 0 saturated carbocycles. The summed E-state index contributed by atoms with van der Waals surface area (Å²) in [5.41, 5.74) is 8.77. The van der Waals surface area contributed by atoms with Gasteiger partial charge in [-0.05, 0) is 55.2 Å². The molecule has 6 heteroatoms. The van der Waals surface area contributed by atoms with Crippen molar-refractivity contribution in [2.24, 2.45) is 11.1 Å². The fraction of sp³-hybridized carbons (Fsp3) is 0.364. The fourth-order valence-corrected chi connectivity index (χ4v) is 3.62. The van der Waals surface area contributed by atoms with E-state index in [0.29, 0.717) is 37.2 Å².